The van der Waals surface area contributed by atoms with Gasteiger partial charge < -0.3 is 9.13 Å². The summed E-state index contributed by atoms with van der Waals surface area (Å²) in [6.07, 6.45) is 7.49. The van der Waals surface area contributed by atoms with E-state index in [2.05, 4.69) is 137 Å². The average Bonchev–Trinajstić information content (AvgIpc) is 3.71. The molecule has 9 rings (SSSR count). The largest absolute Gasteiger partial charge is 0.311 e. The number of para-hydroxylation sites is 4. The lowest BCUT2D eigenvalue weighted by atomic mass is 9.78. The highest BCUT2D eigenvalue weighted by Crippen LogP contribution is 2.46. The summed E-state index contributed by atoms with van der Waals surface area (Å²) in [6.45, 7) is 2.16. The van der Waals surface area contributed by atoms with E-state index in [1.54, 1.807) is 0 Å². The third-order valence-corrected chi connectivity index (χ3v) is 10.6. The zero-order chi connectivity index (χ0) is 34.6. The normalized spacial score (nSPS) is 16.9. The van der Waals surface area contributed by atoms with Crippen LogP contribution in [0.3, 0.4) is 0 Å². The SMILES string of the molecule is CC1CC(C#N)=Cc2c1n(-c1ccc(C3CC=CC(C#N)=C3c3ccccc3-n3c4ccccc4c4ccccc43)cc1)c1c(C#N)cccc21. The fourth-order valence-electron chi connectivity index (χ4n) is 8.50. The molecule has 51 heavy (non-hydrogen) atoms. The number of nitriles is 3. The van der Waals surface area contributed by atoms with Gasteiger partial charge in [-0.25, -0.2) is 0 Å². The highest BCUT2D eigenvalue weighted by Gasteiger charge is 2.29. The standard InChI is InChI=1S/C46H31N5/c1-29-24-30(26-47)25-40-38-16-9-11-33(28-49)46(38)50(45(29)40)34-22-20-31(21-23-34)35-15-8-10-32(27-48)44(35)39-14-4-7-19-43(39)51-41-17-5-2-12-36(41)37-13-3-6-18-42(37)51/h2-14,16-23,25,29,35H,15,24H2,1H3. The second-order valence-corrected chi connectivity index (χ2v) is 13.4. The van der Waals surface area contributed by atoms with Gasteiger partial charge in [0, 0.05) is 56.1 Å². The molecule has 2 aromatic heterocycles. The highest BCUT2D eigenvalue weighted by atomic mass is 15.0. The van der Waals surface area contributed by atoms with E-state index in [1.165, 1.54) is 10.8 Å². The molecule has 2 aliphatic carbocycles. The zero-order valence-electron chi connectivity index (χ0n) is 28.0. The molecule has 2 atom stereocenters. The van der Waals surface area contributed by atoms with Crippen molar-refractivity contribution in [1.82, 2.24) is 9.13 Å². The molecule has 240 valence electrons. The van der Waals surface area contributed by atoms with Crippen molar-refractivity contribution in [2.24, 2.45) is 0 Å². The number of benzene rings is 5. The molecule has 2 unspecified atom stereocenters. The maximum Gasteiger partial charge on any atom is 0.101 e. The molecule has 0 N–H and O–H groups in total. The Morgan fingerprint density at radius 1 is 0.667 bits per heavy atom. The Morgan fingerprint density at radius 2 is 1.35 bits per heavy atom. The van der Waals surface area contributed by atoms with Crippen LogP contribution in [0.1, 0.15) is 59.5 Å². The highest BCUT2D eigenvalue weighted by molar-refractivity contribution is 6.09. The van der Waals surface area contributed by atoms with E-state index in [9.17, 15) is 15.8 Å². The molecular weight excluding hydrogens is 623 g/mol. The summed E-state index contributed by atoms with van der Waals surface area (Å²) in [7, 11) is 0. The second-order valence-electron chi connectivity index (χ2n) is 13.4. The van der Waals surface area contributed by atoms with E-state index < -0.39 is 0 Å². The van der Waals surface area contributed by atoms with Crippen molar-refractivity contribution in [3.8, 4) is 29.6 Å². The average molecular weight is 654 g/mol. The number of allylic oxidation sites excluding steroid dienone is 5. The Balaban J connectivity index is 1.21. The van der Waals surface area contributed by atoms with E-state index in [4.69, 9.17) is 0 Å². The van der Waals surface area contributed by atoms with Crippen LogP contribution in [0.4, 0.5) is 0 Å². The molecule has 0 radical (unpaired) electrons. The third-order valence-electron chi connectivity index (χ3n) is 10.6. The number of hydrogen-bond acceptors (Lipinski definition) is 3. The van der Waals surface area contributed by atoms with Crippen LogP contribution in [0.15, 0.2) is 139 Å². The maximum absolute atomic E-state index is 10.5. The summed E-state index contributed by atoms with van der Waals surface area (Å²) in [5.41, 5.74) is 12.5. The van der Waals surface area contributed by atoms with E-state index in [-0.39, 0.29) is 11.8 Å². The van der Waals surface area contributed by atoms with Gasteiger partial charge in [0.15, 0.2) is 0 Å². The number of fused-ring (bicyclic) bond motifs is 6. The van der Waals surface area contributed by atoms with Crippen LogP contribution in [-0.4, -0.2) is 9.13 Å². The van der Waals surface area contributed by atoms with Crippen molar-refractivity contribution in [1.29, 1.82) is 15.8 Å². The van der Waals surface area contributed by atoms with Gasteiger partial charge in [-0.15, -0.1) is 0 Å². The summed E-state index contributed by atoms with van der Waals surface area (Å²) >= 11 is 0. The summed E-state index contributed by atoms with van der Waals surface area (Å²) in [5.74, 6) is 0.0600. The molecule has 0 saturated heterocycles. The topological polar surface area (TPSA) is 81.2 Å². The second kappa shape index (κ2) is 11.9. The molecule has 2 heterocycles. The molecule has 7 aromatic rings. The first kappa shape index (κ1) is 30.2. The van der Waals surface area contributed by atoms with Crippen LogP contribution in [0, 0.1) is 34.0 Å². The summed E-state index contributed by atoms with van der Waals surface area (Å²) in [6, 6.07) is 47.2. The van der Waals surface area contributed by atoms with E-state index in [0.717, 1.165) is 73.3 Å². The molecule has 0 saturated carbocycles. The zero-order valence-corrected chi connectivity index (χ0v) is 28.0. The lowest BCUT2D eigenvalue weighted by Crippen LogP contribution is -2.11. The molecule has 0 amide bonds. The summed E-state index contributed by atoms with van der Waals surface area (Å²) in [5, 5.41) is 33.8. The van der Waals surface area contributed by atoms with Gasteiger partial charge in [0.25, 0.3) is 0 Å². The maximum atomic E-state index is 10.5. The Labute approximate surface area is 296 Å². The van der Waals surface area contributed by atoms with Crippen LogP contribution in [0.2, 0.25) is 0 Å². The first-order valence-corrected chi connectivity index (χ1v) is 17.3. The van der Waals surface area contributed by atoms with Crippen molar-refractivity contribution in [3.05, 3.63) is 167 Å². The molecule has 2 aliphatic rings. The fraction of sp³-hybridized carbons (Fsp3) is 0.109. The van der Waals surface area contributed by atoms with Crippen LogP contribution in [0.5, 0.6) is 0 Å². The monoisotopic (exact) mass is 653 g/mol. The number of hydrogen-bond donors (Lipinski definition) is 0. The molecule has 5 heteroatoms. The number of aromatic nitrogens is 2. The summed E-state index contributed by atoms with van der Waals surface area (Å²) < 4.78 is 4.55. The predicted molar refractivity (Wildman–Crippen MR) is 204 cm³/mol. The van der Waals surface area contributed by atoms with Gasteiger partial charge in [-0.2, -0.15) is 15.8 Å². The Hall–Kier alpha value is -6.87. The number of nitrogens with zero attached hydrogens (tertiary/aromatic N) is 5. The van der Waals surface area contributed by atoms with Gasteiger partial charge >= 0.3 is 0 Å². The van der Waals surface area contributed by atoms with E-state index >= 15 is 0 Å². The van der Waals surface area contributed by atoms with Crippen molar-refractivity contribution >= 4 is 44.4 Å². The molecule has 0 aliphatic heterocycles. The van der Waals surface area contributed by atoms with Gasteiger partial charge in [0.2, 0.25) is 0 Å². The van der Waals surface area contributed by atoms with Crippen molar-refractivity contribution in [2.45, 2.75) is 31.6 Å². The molecule has 5 nitrogen and oxygen atoms in total. The van der Waals surface area contributed by atoms with Crippen molar-refractivity contribution in [2.75, 3.05) is 0 Å². The molecule has 5 aromatic carbocycles. The third kappa shape index (κ3) is 4.59. The van der Waals surface area contributed by atoms with Gasteiger partial charge in [0.1, 0.15) is 6.07 Å². The smallest absolute Gasteiger partial charge is 0.101 e. The van der Waals surface area contributed by atoms with E-state index in [0.29, 0.717) is 17.6 Å². The predicted octanol–water partition coefficient (Wildman–Crippen LogP) is 11.0. The molecule has 0 bridgehead atoms. The van der Waals surface area contributed by atoms with Gasteiger partial charge in [-0.1, -0.05) is 91.9 Å². The lowest BCUT2D eigenvalue weighted by Gasteiger charge is -2.27. The van der Waals surface area contributed by atoms with Crippen LogP contribution < -0.4 is 0 Å². The van der Waals surface area contributed by atoms with Crippen LogP contribution in [0.25, 0.3) is 55.7 Å². The fourth-order valence-corrected chi connectivity index (χ4v) is 8.50. The van der Waals surface area contributed by atoms with Crippen LogP contribution >= 0.6 is 0 Å². The Morgan fingerprint density at radius 3 is 2.06 bits per heavy atom. The Kier molecular flexibility index (Phi) is 7.06. The number of rotatable bonds is 4. The van der Waals surface area contributed by atoms with Gasteiger partial charge in [-0.05, 0) is 72.5 Å². The van der Waals surface area contributed by atoms with Crippen molar-refractivity contribution in [3.63, 3.8) is 0 Å². The lowest BCUT2D eigenvalue weighted by molar-refractivity contribution is 0.710. The Bertz CT molecular complexity index is 2740. The quantitative estimate of drug-likeness (QED) is 0.190. The molecule has 0 spiro atoms. The minimum atomic E-state index is -0.0435. The minimum absolute atomic E-state index is 0.0435. The van der Waals surface area contributed by atoms with E-state index in [1.807, 2.05) is 30.4 Å². The summed E-state index contributed by atoms with van der Waals surface area (Å²) in [4.78, 5) is 0. The molecule has 0 fully saturated rings. The van der Waals surface area contributed by atoms with Gasteiger partial charge in [0.05, 0.1) is 45.5 Å². The first-order chi connectivity index (χ1) is 25.1. The van der Waals surface area contributed by atoms with Crippen LogP contribution in [-0.2, 0) is 0 Å². The minimum Gasteiger partial charge on any atom is -0.311 e. The molecular formula is C46H31N5. The van der Waals surface area contributed by atoms with Crippen molar-refractivity contribution < 1.29 is 0 Å². The first-order valence-electron chi connectivity index (χ1n) is 17.3. The van der Waals surface area contributed by atoms with Gasteiger partial charge in [-0.3, -0.25) is 0 Å².